The summed E-state index contributed by atoms with van der Waals surface area (Å²) in [6, 6.07) is 5.81. The molecule has 0 radical (unpaired) electrons. The van der Waals surface area contributed by atoms with Gasteiger partial charge in [0.15, 0.2) is 11.3 Å². The van der Waals surface area contributed by atoms with Crippen LogP contribution in [0.15, 0.2) is 22.6 Å². The first-order valence-corrected chi connectivity index (χ1v) is 6.35. The molecule has 0 amide bonds. The molecule has 2 aromatic rings. The van der Waals surface area contributed by atoms with E-state index in [9.17, 15) is 4.79 Å². The fourth-order valence-electron chi connectivity index (χ4n) is 2.83. The highest BCUT2D eigenvalue weighted by atomic mass is 16.5. The Morgan fingerprint density at radius 1 is 1.47 bits per heavy atom. The number of benzene rings is 1. The molecule has 1 fully saturated rings. The van der Waals surface area contributed by atoms with Gasteiger partial charge in [0.05, 0.1) is 13.5 Å². The molecule has 1 N–H and O–H groups in total. The number of hydrogen-bond acceptors (Lipinski definition) is 3. The topological polar surface area (TPSA) is 59.7 Å². The predicted molar refractivity (Wildman–Crippen MR) is 70.7 cm³/mol. The number of ether oxygens (including phenoxy) is 1. The highest BCUT2D eigenvalue weighted by molar-refractivity contribution is 5.89. The fourth-order valence-corrected chi connectivity index (χ4v) is 2.83. The number of hydrogen-bond donors (Lipinski definition) is 1. The summed E-state index contributed by atoms with van der Waals surface area (Å²) in [7, 11) is 1.61. The summed E-state index contributed by atoms with van der Waals surface area (Å²) in [5, 5.41) is 10.1. The van der Waals surface area contributed by atoms with Crippen molar-refractivity contribution in [2.24, 2.45) is 0 Å². The zero-order valence-corrected chi connectivity index (χ0v) is 11.0. The summed E-state index contributed by atoms with van der Waals surface area (Å²) >= 11 is 0. The van der Waals surface area contributed by atoms with Gasteiger partial charge in [-0.3, -0.25) is 4.79 Å². The number of carboxylic acid groups (broad SMARTS) is 1. The van der Waals surface area contributed by atoms with Crippen molar-refractivity contribution < 1.29 is 19.1 Å². The normalized spacial score (nSPS) is 16.5. The third kappa shape index (κ3) is 1.87. The largest absolute Gasteiger partial charge is 0.493 e. The molecule has 1 saturated carbocycles. The van der Waals surface area contributed by atoms with E-state index < -0.39 is 5.97 Å². The molecule has 0 saturated heterocycles. The first kappa shape index (κ1) is 12.1. The van der Waals surface area contributed by atoms with Crippen molar-refractivity contribution >= 4 is 16.9 Å². The van der Waals surface area contributed by atoms with Crippen LogP contribution in [0.3, 0.4) is 0 Å². The molecule has 1 aliphatic carbocycles. The van der Waals surface area contributed by atoms with Gasteiger partial charge < -0.3 is 14.3 Å². The van der Waals surface area contributed by atoms with E-state index in [0.717, 1.165) is 29.6 Å². The van der Waals surface area contributed by atoms with Gasteiger partial charge >= 0.3 is 5.97 Å². The molecule has 0 aliphatic heterocycles. The minimum Gasteiger partial charge on any atom is -0.493 e. The van der Waals surface area contributed by atoms with Gasteiger partial charge in [-0.2, -0.15) is 0 Å². The lowest BCUT2D eigenvalue weighted by Gasteiger charge is -2.15. The van der Waals surface area contributed by atoms with Gasteiger partial charge in [0.25, 0.3) is 0 Å². The lowest BCUT2D eigenvalue weighted by Crippen LogP contribution is -2.13. The van der Waals surface area contributed by atoms with Crippen LogP contribution in [0.4, 0.5) is 0 Å². The molecule has 1 aromatic carbocycles. The van der Waals surface area contributed by atoms with Gasteiger partial charge in [-0.05, 0) is 37.5 Å². The smallest absolute Gasteiger partial charge is 0.304 e. The van der Waals surface area contributed by atoms with Gasteiger partial charge in [-0.25, -0.2) is 0 Å². The Labute approximate surface area is 111 Å². The Kier molecular flexibility index (Phi) is 2.55. The van der Waals surface area contributed by atoms with Crippen LogP contribution in [-0.4, -0.2) is 18.2 Å². The standard InChI is InChI=1S/C15H16O4/c1-9-7-10-11(15(5-6-15)8-13(16)17)3-4-12(18-2)14(10)19-9/h3-4,7H,5-6,8H2,1-2H3,(H,16,17). The van der Waals surface area contributed by atoms with E-state index in [1.807, 2.05) is 25.1 Å². The van der Waals surface area contributed by atoms with Crippen molar-refractivity contribution in [2.75, 3.05) is 7.11 Å². The van der Waals surface area contributed by atoms with Crippen LogP contribution in [0.1, 0.15) is 30.6 Å². The fraction of sp³-hybridized carbons (Fsp3) is 0.400. The summed E-state index contributed by atoms with van der Waals surface area (Å²) < 4.78 is 11.0. The molecule has 3 rings (SSSR count). The van der Waals surface area contributed by atoms with Crippen molar-refractivity contribution in [1.29, 1.82) is 0 Å². The molecule has 4 nitrogen and oxygen atoms in total. The Bertz CT molecular complexity index is 649. The van der Waals surface area contributed by atoms with Gasteiger partial charge in [-0.1, -0.05) is 6.07 Å². The Hall–Kier alpha value is -1.97. The molecule has 19 heavy (non-hydrogen) atoms. The molecule has 0 spiro atoms. The molecule has 0 bridgehead atoms. The highest BCUT2D eigenvalue weighted by Gasteiger charge is 2.47. The van der Waals surface area contributed by atoms with Crippen molar-refractivity contribution in [3.63, 3.8) is 0 Å². The zero-order valence-electron chi connectivity index (χ0n) is 11.0. The van der Waals surface area contributed by atoms with Crippen molar-refractivity contribution in [1.82, 2.24) is 0 Å². The van der Waals surface area contributed by atoms with E-state index in [1.54, 1.807) is 7.11 Å². The number of aryl methyl sites for hydroxylation is 1. The van der Waals surface area contributed by atoms with Crippen molar-refractivity contribution in [2.45, 2.75) is 31.6 Å². The summed E-state index contributed by atoms with van der Waals surface area (Å²) in [6.07, 6.45) is 2.02. The predicted octanol–water partition coefficient (Wildman–Crippen LogP) is 3.26. The quantitative estimate of drug-likeness (QED) is 0.916. The molecular formula is C15H16O4. The third-order valence-corrected chi connectivity index (χ3v) is 3.91. The minimum atomic E-state index is -0.748. The Morgan fingerprint density at radius 2 is 2.21 bits per heavy atom. The van der Waals surface area contributed by atoms with Crippen LogP contribution in [0, 0.1) is 6.92 Å². The Morgan fingerprint density at radius 3 is 2.79 bits per heavy atom. The van der Waals surface area contributed by atoms with Crippen LogP contribution in [0.2, 0.25) is 0 Å². The SMILES string of the molecule is COc1ccc(C2(CC(=O)O)CC2)c2cc(C)oc12. The molecule has 1 heterocycles. The zero-order chi connectivity index (χ0) is 13.6. The van der Waals surface area contributed by atoms with E-state index in [0.29, 0.717) is 11.3 Å². The average Bonchev–Trinajstić information content (AvgIpc) is 3.00. The molecule has 1 aliphatic rings. The van der Waals surface area contributed by atoms with E-state index in [-0.39, 0.29) is 11.8 Å². The maximum Gasteiger partial charge on any atom is 0.304 e. The van der Waals surface area contributed by atoms with Gasteiger partial charge in [0.2, 0.25) is 0 Å². The van der Waals surface area contributed by atoms with Gasteiger partial charge in [-0.15, -0.1) is 0 Å². The number of furan rings is 1. The van der Waals surface area contributed by atoms with Crippen LogP contribution in [0.5, 0.6) is 5.75 Å². The number of methoxy groups -OCH3 is 1. The van der Waals surface area contributed by atoms with Crippen LogP contribution >= 0.6 is 0 Å². The summed E-state index contributed by atoms with van der Waals surface area (Å²) in [4.78, 5) is 11.0. The van der Waals surface area contributed by atoms with E-state index >= 15 is 0 Å². The summed E-state index contributed by atoms with van der Waals surface area (Å²) in [6.45, 7) is 1.89. The van der Waals surface area contributed by atoms with Crippen molar-refractivity contribution in [3.8, 4) is 5.75 Å². The second kappa shape index (κ2) is 4.02. The number of fused-ring (bicyclic) bond motifs is 1. The number of aliphatic carboxylic acids is 1. The van der Waals surface area contributed by atoms with Gasteiger partial charge in [0, 0.05) is 10.8 Å². The first-order chi connectivity index (χ1) is 9.05. The molecule has 4 heteroatoms. The Balaban J connectivity index is 2.17. The van der Waals surface area contributed by atoms with Crippen LogP contribution < -0.4 is 4.74 Å². The van der Waals surface area contributed by atoms with Crippen LogP contribution in [-0.2, 0) is 10.2 Å². The van der Waals surface area contributed by atoms with E-state index in [4.69, 9.17) is 14.3 Å². The summed E-state index contributed by atoms with van der Waals surface area (Å²) in [5.74, 6) is 0.756. The number of carbonyl (C=O) groups is 1. The second-order valence-corrected chi connectivity index (χ2v) is 5.27. The first-order valence-electron chi connectivity index (χ1n) is 6.35. The molecule has 100 valence electrons. The average molecular weight is 260 g/mol. The lowest BCUT2D eigenvalue weighted by atomic mass is 9.89. The minimum absolute atomic E-state index is 0.179. The maximum absolute atomic E-state index is 11.0. The summed E-state index contributed by atoms with van der Waals surface area (Å²) in [5.41, 5.74) is 1.57. The molecular weight excluding hydrogens is 244 g/mol. The van der Waals surface area contributed by atoms with E-state index in [1.165, 1.54) is 0 Å². The second-order valence-electron chi connectivity index (χ2n) is 5.27. The lowest BCUT2D eigenvalue weighted by molar-refractivity contribution is -0.137. The number of rotatable bonds is 4. The van der Waals surface area contributed by atoms with Gasteiger partial charge in [0.1, 0.15) is 5.76 Å². The maximum atomic E-state index is 11.0. The molecule has 0 atom stereocenters. The number of carboxylic acids is 1. The molecule has 1 aromatic heterocycles. The third-order valence-electron chi connectivity index (χ3n) is 3.91. The monoisotopic (exact) mass is 260 g/mol. The highest BCUT2D eigenvalue weighted by Crippen LogP contribution is 2.54. The van der Waals surface area contributed by atoms with E-state index in [2.05, 4.69) is 0 Å². The van der Waals surface area contributed by atoms with Crippen LogP contribution in [0.25, 0.3) is 11.0 Å². The van der Waals surface area contributed by atoms with Crippen molar-refractivity contribution in [3.05, 3.63) is 29.5 Å². The molecule has 0 unspecified atom stereocenters.